The van der Waals surface area contributed by atoms with Crippen LogP contribution in [0.4, 0.5) is 4.39 Å². The lowest BCUT2D eigenvalue weighted by Gasteiger charge is -2.20. The van der Waals surface area contributed by atoms with E-state index in [-0.39, 0.29) is 18.2 Å². The van der Waals surface area contributed by atoms with E-state index in [2.05, 4.69) is 4.90 Å². The van der Waals surface area contributed by atoms with Gasteiger partial charge in [0, 0.05) is 19.5 Å². The van der Waals surface area contributed by atoms with E-state index in [4.69, 9.17) is 5.11 Å². The zero-order valence-electron chi connectivity index (χ0n) is 10.9. The van der Waals surface area contributed by atoms with Crippen molar-refractivity contribution in [1.29, 1.82) is 0 Å². The molecule has 1 rings (SSSR count). The number of nitrogens with zero attached hydrogens (tertiary/aromatic N) is 1. The molecule has 18 heavy (non-hydrogen) atoms. The lowest BCUT2D eigenvalue weighted by molar-refractivity contribution is -0.138. The number of halogens is 1. The van der Waals surface area contributed by atoms with Crippen molar-refractivity contribution in [3.05, 3.63) is 35.6 Å². The monoisotopic (exact) mass is 253 g/mol. The second-order valence-electron chi connectivity index (χ2n) is 4.85. The lowest BCUT2D eigenvalue weighted by atomic mass is 10.1. The smallest absolute Gasteiger partial charge is 0.303 e. The van der Waals surface area contributed by atoms with Gasteiger partial charge in [-0.05, 0) is 37.1 Å². The number of carboxylic acid groups (broad SMARTS) is 1. The third kappa shape index (κ3) is 5.77. The van der Waals surface area contributed by atoms with Crippen LogP contribution in [0, 0.1) is 11.7 Å². The van der Waals surface area contributed by atoms with Gasteiger partial charge in [0.1, 0.15) is 5.82 Å². The maximum Gasteiger partial charge on any atom is 0.303 e. The van der Waals surface area contributed by atoms with Crippen LogP contribution >= 0.6 is 0 Å². The Labute approximate surface area is 107 Å². The molecule has 1 aromatic rings. The molecule has 1 unspecified atom stereocenters. The van der Waals surface area contributed by atoms with Crippen LogP contribution in [0.2, 0.25) is 0 Å². The van der Waals surface area contributed by atoms with Gasteiger partial charge in [0.25, 0.3) is 0 Å². The highest BCUT2D eigenvalue weighted by Crippen LogP contribution is 2.07. The largest absolute Gasteiger partial charge is 0.481 e. The van der Waals surface area contributed by atoms with Gasteiger partial charge in [0.15, 0.2) is 0 Å². The van der Waals surface area contributed by atoms with E-state index < -0.39 is 5.97 Å². The molecule has 0 saturated carbocycles. The van der Waals surface area contributed by atoms with Crippen LogP contribution in [0.25, 0.3) is 0 Å². The Kier molecular flexibility index (Phi) is 5.78. The van der Waals surface area contributed by atoms with E-state index in [0.717, 1.165) is 25.1 Å². The van der Waals surface area contributed by atoms with Gasteiger partial charge in [-0.1, -0.05) is 19.1 Å². The van der Waals surface area contributed by atoms with Gasteiger partial charge in [-0.3, -0.25) is 4.79 Å². The summed E-state index contributed by atoms with van der Waals surface area (Å²) in [5, 5.41) is 8.68. The minimum absolute atomic E-state index is 0.125. The van der Waals surface area contributed by atoms with Gasteiger partial charge >= 0.3 is 5.97 Å². The van der Waals surface area contributed by atoms with Crippen LogP contribution in [-0.2, 0) is 11.2 Å². The standard InChI is InChI=1S/C14H20FNO2/c1-11(8-14(17)18)10-16(2)7-6-12-4-3-5-13(15)9-12/h3-5,9,11H,6-8,10H2,1-2H3,(H,17,18). The van der Waals surface area contributed by atoms with Gasteiger partial charge in [0.05, 0.1) is 0 Å². The van der Waals surface area contributed by atoms with Crippen LogP contribution in [0.15, 0.2) is 24.3 Å². The third-order valence-corrected chi connectivity index (χ3v) is 2.82. The summed E-state index contributed by atoms with van der Waals surface area (Å²) in [6.45, 7) is 3.46. The van der Waals surface area contributed by atoms with Crippen molar-refractivity contribution in [2.75, 3.05) is 20.1 Å². The number of carboxylic acids is 1. The van der Waals surface area contributed by atoms with Crippen molar-refractivity contribution in [1.82, 2.24) is 4.90 Å². The first-order valence-corrected chi connectivity index (χ1v) is 6.12. The van der Waals surface area contributed by atoms with Crippen LogP contribution in [0.3, 0.4) is 0 Å². The predicted octanol–water partition coefficient (Wildman–Crippen LogP) is 2.41. The van der Waals surface area contributed by atoms with E-state index in [1.165, 1.54) is 12.1 Å². The van der Waals surface area contributed by atoms with Gasteiger partial charge in [0.2, 0.25) is 0 Å². The number of likely N-dealkylation sites (N-methyl/N-ethyl adjacent to an activating group) is 1. The van der Waals surface area contributed by atoms with Crippen LogP contribution in [-0.4, -0.2) is 36.1 Å². The van der Waals surface area contributed by atoms with Crippen molar-refractivity contribution >= 4 is 5.97 Å². The summed E-state index contributed by atoms with van der Waals surface area (Å²) >= 11 is 0. The first-order chi connectivity index (χ1) is 8.47. The number of rotatable bonds is 7. The summed E-state index contributed by atoms with van der Waals surface area (Å²) < 4.78 is 13.0. The average Bonchev–Trinajstić information content (AvgIpc) is 2.25. The zero-order valence-corrected chi connectivity index (χ0v) is 10.9. The molecule has 0 amide bonds. The van der Waals surface area contributed by atoms with Crippen molar-refractivity contribution in [2.45, 2.75) is 19.8 Å². The molecule has 100 valence electrons. The molecule has 0 fully saturated rings. The van der Waals surface area contributed by atoms with Gasteiger partial charge < -0.3 is 10.0 Å². The fraction of sp³-hybridized carbons (Fsp3) is 0.500. The third-order valence-electron chi connectivity index (χ3n) is 2.82. The number of carbonyl (C=O) groups is 1. The molecule has 0 heterocycles. The first-order valence-electron chi connectivity index (χ1n) is 6.12. The van der Waals surface area contributed by atoms with E-state index in [9.17, 15) is 9.18 Å². The number of hydrogen-bond donors (Lipinski definition) is 1. The molecule has 1 aromatic carbocycles. The van der Waals surface area contributed by atoms with E-state index >= 15 is 0 Å². The summed E-state index contributed by atoms with van der Waals surface area (Å²) in [5.41, 5.74) is 0.965. The molecule has 0 aliphatic rings. The quantitative estimate of drug-likeness (QED) is 0.811. The molecule has 0 bridgehead atoms. The van der Waals surface area contributed by atoms with E-state index in [0.29, 0.717) is 0 Å². The summed E-state index contributed by atoms with van der Waals surface area (Å²) in [6, 6.07) is 6.58. The molecule has 0 aliphatic heterocycles. The Morgan fingerprint density at radius 1 is 1.50 bits per heavy atom. The van der Waals surface area contributed by atoms with Crippen LogP contribution in [0.1, 0.15) is 18.9 Å². The highest BCUT2D eigenvalue weighted by Gasteiger charge is 2.10. The molecule has 0 spiro atoms. The Morgan fingerprint density at radius 2 is 2.22 bits per heavy atom. The molecular formula is C14H20FNO2. The topological polar surface area (TPSA) is 40.5 Å². The van der Waals surface area contributed by atoms with E-state index in [1.807, 2.05) is 20.0 Å². The first kappa shape index (κ1) is 14.6. The summed E-state index contributed by atoms with van der Waals surface area (Å²) in [7, 11) is 1.96. The zero-order chi connectivity index (χ0) is 13.5. The number of hydrogen-bond acceptors (Lipinski definition) is 2. The minimum atomic E-state index is -0.763. The van der Waals surface area contributed by atoms with Gasteiger partial charge in [-0.2, -0.15) is 0 Å². The van der Waals surface area contributed by atoms with Crippen molar-refractivity contribution in [2.24, 2.45) is 5.92 Å². The molecule has 0 saturated heterocycles. The molecule has 1 N–H and O–H groups in total. The Bertz CT molecular complexity index is 395. The predicted molar refractivity (Wildman–Crippen MR) is 69.0 cm³/mol. The Hall–Kier alpha value is -1.42. The van der Waals surface area contributed by atoms with Crippen LogP contribution < -0.4 is 0 Å². The Balaban J connectivity index is 2.32. The fourth-order valence-electron chi connectivity index (χ4n) is 2.00. The van der Waals surface area contributed by atoms with Crippen molar-refractivity contribution in [3.63, 3.8) is 0 Å². The molecule has 0 aromatic heterocycles. The summed E-state index contributed by atoms with van der Waals surface area (Å²) in [4.78, 5) is 12.6. The second kappa shape index (κ2) is 7.11. The van der Waals surface area contributed by atoms with Gasteiger partial charge in [-0.25, -0.2) is 4.39 Å². The second-order valence-corrected chi connectivity index (χ2v) is 4.85. The molecule has 1 atom stereocenters. The SMILES string of the molecule is CC(CC(=O)O)CN(C)CCc1cccc(F)c1. The molecule has 0 aliphatic carbocycles. The normalized spacial score (nSPS) is 12.7. The van der Waals surface area contributed by atoms with Crippen molar-refractivity contribution < 1.29 is 14.3 Å². The molecule has 4 heteroatoms. The minimum Gasteiger partial charge on any atom is -0.481 e. The summed E-state index contributed by atoms with van der Waals surface area (Å²) in [5.74, 6) is -0.851. The van der Waals surface area contributed by atoms with Crippen molar-refractivity contribution in [3.8, 4) is 0 Å². The maximum atomic E-state index is 13.0. The molecular weight excluding hydrogens is 233 g/mol. The van der Waals surface area contributed by atoms with E-state index in [1.54, 1.807) is 6.07 Å². The Morgan fingerprint density at radius 3 is 2.83 bits per heavy atom. The van der Waals surface area contributed by atoms with Gasteiger partial charge in [-0.15, -0.1) is 0 Å². The highest BCUT2D eigenvalue weighted by molar-refractivity contribution is 5.66. The highest BCUT2D eigenvalue weighted by atomic mass is 19.1. The van der Waals surface area contributed by atoms with Crippen LogP contribution in [0.5, 0.6) is 0 Å². The number of aliphatic carboxylic acids is 1. The average molecular weight is 253 g/mol. The molecule has 3 nitrogen and oxygen atoms in total. The number of benzene rings is 1. The molecule has 0 radical (unpaired) electrons. The lowest BCUT2D eigenvalue weighted by Crippen LogP contribution is -2.27. The fourth-order valence-corrected chi connectivity index (χ4v) is 2.00. The summed E-state index contributed by atoms with van der Waals surface area (Å²) in [6.07, 6.45) is 0.957. The maximum absolute atomic E-state index is 13.0.